The zero-order chi connectivity index (χ0) is 19.9. The number of methoxy groups -OCH3 is 1. The summed E-state index contributed by atoms with van der Waals surface area (Å²) in [6.45, 7) is 0. The summed E-state index contributed by atoms with van der Waals surface area (Å²) in [4.78, 5) is 22.5. The molecule has 2 aromatic carbocycles. The lowest BCUT2D eigenvalue weighted by atomic mass is 10.2. The lowest BCUT2D eigenvalue weighted by molar-refractivity contribution is -0.383. The van der Waals surface area contributed by atoms with Crippen LogP contribution in [0, 0.1) is 10.1 Å². The highest BCUT2D eigenvalue weighted by atomic mass is 32.2. The van der Waals surface area contributed by atoms with E-state index < -0.39 is 4.92 Å². The predicted molar refractivity (Wildman–Crippen MR) is 103 cm³/mol. The molecule has 144 valence electrons. The molecule has 0 bridgehead atoms. The summed E-state index contributed by atoms with van der Waals surface area (Å²) < 4.78 is 10.9. The van der Waals surface area contributed by atoms with E-state index >= 15 is 0 Å². The minimum atomic E-state index is -0.539. The van der Waals surface area contributed by atoms with Crippen LogP contribution in [0.5, 0.6) is 5.75 Å². The van der Waals surface area contributed by atoms with Crippen molar-refractivity contribution in [1.82, 2.24) is 10.2 Å². The molecule has 1 amide bonds. The number of nitro benzene ring substituents is 1. The summed E-state index contributed by atoms with van der Waals surface area (Å²) in [6.07, 6.45) is 0.128. The topological polar surface area (TPSA) is 120 Å². The predicted octanol–water partition coefficient (Wildman–Crippen LogP) is 3.77. The number of nitrogens with one attached hydrogen (secondary N) is 1. The molecular formula is C18H16N4O5S. The Balaban J connectivity index is 1.55. The molecular weight excluding hydrogens is 384 g/mol. The van der Waals surface area contributed by atoms with Crippen LogP contribution in [0.1, 0.15) is 6.42 Å². The summed E-state index contributed by atoms with van der Waals surface area (Å²) in [6, 6.07) is 13.3. The van der Waals surface area contributed by atoms with Gasteiger partial charge in [0.05, 0.1) is 17.6 Å². The first-order valence-corrected chi connectivity index (χ1v) is 9.20. The van der Waals surface area contributed by atoms with Gasteiger partial charge < -0.3 is 14.5 Å². The van der Waals surface area contributed by atoms with Crippen LogP contribution >= 0.6 is 11.8 Å². The number of hydrogen-bond donors (Lipinski definition) is 1. The standard InChI is InChI=1S/C18H16N4O5S/c1-26-15-9-5-2-6-12(15)17-20-21-18(27-17)28-11-10-16(23)19-13-7-3-4-8-14(13)22(24)25/h2-9H,10-11H2,1H3,(H,19,23). The van der Waals surface area contributed by atoms with Gasteiger partial charge in [-0.15, -0.1) is 10.2 Å². The normalized spacial score (nSPS) is 10.5. The number of nitro groups is 1. The van der Waals surface area contributed by atoms with Gasteiger partial charge in [0.25, 0.3) is 16.8 Å². The van der Waals surface area contributed by atoms with Crippen LogP contribution in [-0.4, -0.2) is 33.9 Å². The largest absolute Gasteiger partial charge is 0.496 e. The fourth-order valence-electron chi connectivity index (χ4n) is 2.38. The van der Waals surface area contributed by atoms with Gasteiger partial charge in [-0.2, -0.15) is 0 Å². The van der Waals surface area contributed by atoms with E-state index in [1.165, 1.54) is 23.9 Å². The van der Waals surface area contributed by atoms with Crippen LogP contribution < -0.4 is 10.1 Å². The van der Waals surface area contributed by atoms with Gasteiger partial charge in [-0.1, -0.05) is 36.0 Å². The van der Waals surface area contributed by atoms with Crippen LogP contribution in [0.2, 0.25) is 0 Å². The Bertz CT molecular complexity index is 991. The number of amides is 1. The summed E-state index contributed by atoms with van der Waals surface area (Å²) in [5, 5.41) is 21.8. The van der Waals surface area contributed by atoms with Gasteiger partial charge in [0.15, 0.2) is 0 Å². The summed E-state index contributed by atoms with van der Waals surface area (Å²) >= 11 is 1.22. The van der Waals surface area contributed by atoms with Crippen molar-refractivity contribution in [3.05, 3.63) is 58.6 Å². The van der Waals surface area contributed by atoms with E-state index in [4.69, 9.17) is 9.15 Å². The molecule has 0 aliphatic rings. The average Bonchev–Trinajstić information content (AvgIpc) is 3.17. The van der Waals surface area contributed by atoms with Crippen molar-refractivity contribution in [2.45, 2.75) is 11.6 Å². The summed E-state index contributed by atoms with van der Waals surface area (Å²) in [7, 11) is 1.56. The average molecular weight is 400 g/mol. The molecule has 1 N–H and O–H groups in total. The summed E-state index contributed by atoms with van der Waals surface area (Å²) in [5.74, 6) is 0.974. The molecule has 0 atom stereocenters. The highest BCUT2D eigenvalue weighted by Gasteiger charge is 2.16. The molecule has 0 fully saturated rings. The van der Waals surface area contributed by atoms with Gasteiger partial charge in [0.2, 0.25) is 5.91 Å². The molecule has 0 aliphatic heterocycles. The molecule has 0 saturated carbocycles. The number of rotatable bonds is 8. The van der Waals surface area contributed by atoms with Crippen LogP contribution in [0.15, 0.2) is 58.2 Å². The van der Waals surface area contributed by atoms with Crippen LogP contribution in [-0.2, 0) is 4.79 Å². The van der Waals surface area contributed by atoms with E-state index in [0.717, 1.165) is 0 Å². The van der Waals surface area contributed by atoms with E-state index in [1.54, 1.807) is 31.4 Å². The second-order valence-corrected chi connectivity index (χ2v) is 6.54. The third-order valence-electron chi connectivity index (χ3n) is 3.67. The van der Waals surface area contributed by atoms with Crippen molar-refractivity contribution >= 4 is 29.0 Å². The molecule has 1 aromatic heterocycles. The third kappa shape index (κ3) is 4.65. The SMILES string of the molecule is COc1ccccc1-c1nnc(SCCC(=O)Nc2ccccc2[N+](=O)[O-])o1. The van der Waals surface area contributed by atoms with Crippen LogP contribution in [0.3, 0.4) is 0 Å². The lowest BCUT2D eigenvalue weighted by Crippen LogP contribution is -2.13. The number of para-hydroxylation sites is 3. The van der Waals surface area contributed by atoms with E-state index in [-0.39, 0.29) is 23.7 Å². The monoisotopic (exact) mass is 400 g/mol. The van der Waals surface area contributed by atoms with E-state index in [9.17, 15) is 14.9 Å². The highest BCUT2D eigenvalue weighted by Crippen LogP contribution is 2.30. The van der Waals surface area contributed by atoms with Gasteiger partial charge in [-0.3, -0.25) is 14.9 Å². The molecule has 0 saturated heterocycles. The number of anilines is 1. The maximum absolute atomic E-state index is 12.1. The van der Waals surface area contributed by atoms with Crippen LogP contribution in [0.4, 0.5) is 11.4 Å². The number of thioether (sulfide) groups is 1. The number of carbonyl (C=O) groups is 1. The zero-order valence-corrected chi connectivity index (χ0v) is 15.6. The van der Waals surface area contributed by atoms with Gasteiger partial charge in [-0.25, -0.2) is 0 Å². The molecule has 0 spiro atoms. The Morgan fingerprint density at radius 2 is 1.96 bits per heavy atom. The number of ether oxygens (including phenoxy) is 1. The van der Waals surface area contributed by atoms with Gasteiger partial charge in [0, 0.05) is 18.2 Å². The van der Waals surface area contributed by atoms with Crippen LogP contribution in [0.25, 0.3) is 11.5 Å². The number of carbonyl (C=O) groups excluding carboxylic acids is 1. The van der Waals surface area contributed by atoms with Gasteiger partial charge in [0.1, 0.15) is 11.4 Å². The second kappa shape index (κ2) is 9.00. The van der Waals surface area contributed by atoms with Crippen molar-refractivity contribution in [3.8, 4) is 17.2 Å². The van der Waals surface area contributed by atoms with E-state index in [1.807, 2.05) is 12.1 Å². The second-order valence-electron chi connectivity index (χ2n) is 5.49. The number of aromatic nitrogens is 2. The Labute approximate surface area is 164 Å². The van der Waals surface area contributed by atoms with Crippen molar-refractivity contribution in [3.63, 3.8) is 0 Å². The van der Waals surface area contributed by atoms with Crippen molar-refractivity contribution in [2.24, 2.45) is 0 Å². The van der Waals surface area contributed by atoms with Crippen molar-refractivity contribution < 1.29 is 18.9 Å². The fourth-order valence-corrected chi connectivity index (χ4v) is 3.08. The molecule has 0 unspecified atom stereocenters. The maximum atomic E-state index is 12.1. The lowest BCUT2D eigenvalue weighted by Gasteiger charge is -2.05. The summed E-state index contributed by atoms with van der Waals surface area (Å²) in [5.41, 5.74) is 0.694. The maximum Gasteiger partial charge on any atom is 0.292 e. The van der Waals surface area contributed by atoms with Gasteiger partial charge >= 0.3 is 0 Å². The van der Waals surface area contributed by atoms with Gasteiger partial charge in [-0.05, 0) is 18.2 Å². The molecule has 10 heteroatoms. The molecule has 1 heterocycles. The smallest absolute Gasteiger partial charge is 0.292 e. The molecule has 3 aromatic rings. The fraction of sp³-hybridized carbons (Fsp3) is 0.167. The third-order valence-corrected chi connectivity index (χ3v) is 4.49. The Hall–Kier alpha value is -3.40. The Morgan fingerprint density at radius 3 is 2.75 bits per heavy atom. The van der Waals surface area contributed by atoms with Crippen molar-refractivity contribution in [2.75, 3.05) is 18.2 Å². The quantitative estimate of drug-likeness (QED) is 0.345. The van der Waals surface area contributed by atoms with E-state index in [0.29, 0.717) is 28.2 Å². The van der Waals surface area contributed by atoms with Crippen molar-refractivity contribution in [1.29, 1.82) is 0 Å². The molecule has 28 heavy (non-hydrogen) atoms. The first-order chi connectivity index (χ1) is 13.6. The number of benzene rings is 2. The minimum absolute atomic E-state index is 0.128. The zero-order valence-electron chi connectivity index (χ0n) is 14.8. The molecule has 0 aliphatic carbocycles. The number of hydrogen-bond acceptors (Lipinski definition) is 8. The van der Waals surface area contributed by atoms with E-state index in [2.05, 4.69) is 15.5 Å². The molecule has 9 nitrogen and oxygen atoms in total. The molecule has 3 rings (SSSR count). The minimum Gasteiger partial charge on any atom is -0.496 e. The first kappa shape index (κ1) is 19.4. The molecule has 0 radical (unpaired) electrons. The Kier molecular flexibility index (Phi) is 6.22. The Morgan fingerprint density at radius 1 is 1.21 bits per heavy atom. The first-order valence-electron chi connectivity index (χ1n) is 8.21. The number of nitrogens with zero attached hydrogens (tertiary/aromatic N) is 3. The highest BCUT2D eigenvalue weighted by molar-refractivity contribution is 7.99.